The van der Waals surface area contributed by atoms with Crippen molar-refractivity contribution in [3.8, 4) is 0 Å². The molecule has 0 amide bonds. The van der Waals surface area contributed by atoms with E-state index < -0.39 is 0 Å². The molecule has 0 nitrogen and oxygen atoms in total. The molecule has 2 saturated carbocycles. The Bertz CT molecular complexity index is 949. The molecule has 0 aliphatic heterocycles. The van der Waals surface area contributed by atoms with Gasteiger partial charge in [0.2, 0.25) is 0 Å². The molecular formula is C35H42Zr+2. The molecule has 0 aromatic heterocycles. The predicted octanol–water partition coefficient (Wildman–Crippen LogP) is 9.28. The maximum absolute atomic E-state index is 3.72. The van der Waals surface area contributed by atoms with Crippen LogP contribution in [-0.2, 0) is 26.2 Å². The summed E-state index contributed by atoms with van der Waals surface area (Å²) in [5.74, 6) is 4.68. The van der Waals surface area contributed by atoms with Crippen molar-refractivity contribution in [3.05, 3.63) is 134 Å². The number of rotatable bonds is 2. The molecule has 0 bridgehead atoms. The third kappa shape index (κ3) is 6.86. The molecule has 2 aromatic rings. The van der Waals surface area contributed by atoms with E-state index in [1.807, 2.05) is 60.7 Å². The first-order valence-corrected chi connectivity index (χ1v) is 13.4. The normalized spacial score (nSPS) is 27.6. The van der Waals surface area contributed by atoms with Gasteiger partial charge in [0.25, 0.3) is 0 Å². The van der Waals surface area contributed by atoms with Gasteiger partial charge in [0.15, 0.2) is 0 Å². The first-order chi connectivity index (χ1) is 17.0. The van der Waals surface area contributed by atoms with Gasteiger partial charge in [-0.05, 0) is 53.8 Å². The minimum Gasteiger partial charge on any atom is -0.199 e. The zero-order chi connectivity index (χ0) is 24.7. The Hall–Kier alpha value is -1.98. The number of hydrogen-bond donors (Lipinski definition) is 0. The van der Waals surface area contributed by atoms with Crippen molar-refractivity contribution in [3.63, 3.8) is 0 Å². The molecule has 0 N–H and O–H groups in total. The second-order valence-corrected chi connectivity index (χ2v) is 11.1. The molecule has 0 heterocycles. The molecule has 4 atom stereocenters. The summed E-state index contributed by atoms with van der Waals surface area (Å²) in [6, 6.07) is 19.7. The third-order valence-electron chi connectivity index (χ3n) is 8.67. The Morgan fingerprint density at radius 3 is 1.28 bits per heavy atom. The van der Waals surface area contributed by atoms with E-state index in [1.165, 1.54) is 25.7 Å². The summed E-state index contributed by atoms with van der Waals surface area (Å²) in [5.41, 5.74) is 2.61. The fourth-order valence-corrected chi connectivity index (χ4v) is 6.92. The molecule has 4 unspecified atom stereocenters. The van der Waals surface area contributed by atoms with Crippen molar-refractivity contribution in [2.75, 3.05) is 0 Å². The van der Waals surface area contributed by atoms with Crippen LogP contribution >= 0.6 is 0 Å². The fraction of sp³-hybridized carbons (Fsp3) is 0.371. The summed E-state index contributed by atoms with van der Waals surface area (Å²) in [6.07, 6.45) is 25.0. The molecule has 4 aliphatic carbocycles. The SMILES string of the molecule is CC(C)(C1CCCC1)C1C2C=CC=CC2C2C=CC=CC21.[CH2-]c1ccccc1.[CH2-]c1ccccc1.[Zr+4]. The van der Waals surface area contributed by atoms with Crippen LogP contribution in [0, 0.1) is 54.8 Å². The van der Waals surface area contributed by atoms with E-state index in [4.69, 9.17) is 0 Å². The summed E-state index contributed by atoms with van der Waals surface area (Å²) in [5, 5.41) is 0. The van der Waals surface area contributed by atoms with Gasteiger partial charge < -0.3 is 0 Å². The molecule has 0 spiro atoms. The largest absolute Gasteiger partial charge is 4.00 e. The van der Waals surface area contributed by atoms with Gasteiger partial charge in [0.1, 0.15) is 0 Å². The number of fused-ring (bicyclic) bond motifs is 3. The Kier molecular flexibility index (Phi) is 10.7. The van der Waals surface area contributed by atoms with E-state index in [-0.39, 0.29) is 26.2 Å². The van der Waals surface area contributed by atoms with Gasteiger partial charge in [0.05, 0.1) is 0 Å². The maximum Gasteiger partial charge on any atom is 4.00 e. The van der Waals surface area contributed by atoms with Crippen LogP contribution in [0.5, 0.6) is 0 Å². The van der Waals surface area contributed by atoms with Crippen molar-refractivity contribution < 1.29 is 26.2 Å². The van der Waals surface area contributed by atoms with Crippen LogP contribution in [-0.4, -0.2) is 0 Å². The number of benzene rings is 2. The van der Waals surface area contributed by atoms with E-state index in [0.717, 1.165) is 46.6 Å². The number of allylic oxidation sites excluding steroid dienone is 8. The standard InChI is InChI=1S/C21H28.2C7H7.Zr/c1-21(2,15-9-3-4-10-15)20-18-13-7-5-11-16(18)17-12-6-8-14-19(17)20;2*1-7-5-3-2-4-6-7;/h5-8,11-20H,3-4,9-10H2,1-2H3;2*2-6H,1H2;/q;2*-1;+4. The molecule has 4 aliphatic rings. The third-order valence-corrected chi connectivity index (χ3v) is 8.67. The van der Waals surface area contributed by atoms with Gasteiger partial charge in [-0.3, -0.25) is 0 Å². The van der Waals surface area contributed by atoms with E-state index >= 15 is 0 Å². The molecule has 2 fully saturated rings. The first-order valence-electron chi connectivity index (χ1n) is 13.4. The molecule has 36 heavy (non-hydrogen) atoms. The van der Waals surface area contributed by atoms with E-state index in [2.05, 4.69) is 76.3 Å². The van der Waals surface area contributed by atoms with Crippen molar-refractivity contribution in [1.82, 2.24) is 0 Å². The van der Waals surface area contributed by atoms with Crippen LogP contribution < -0.4 is 0 Å². The van der Waals surface area contributed by atoms with Crippen molar-refractivity contribution in [2.24, 2.45) is 40.9 Å². The molecule has 1 heteroatoms. The Balaban J connectivity index is 0.000000198. The van der Waals surface area contributed by atoms with Crippen LogP contribution in [0.1, 0.15) is 50.7 Å². The molecular weight excluding hydrogens is 512 g/mol. The zero-order valence-corrected chi connectivity index (χ0v) is 24.6. The van der Waals surface area contributed by atoms with E-state index in [1.54, 1.807) is 0 Å². The van der Waals surface area contributed by atoms with Gasteiger partial charge in [-0.25, -0.2) is 0 Å². The second kappa shape index (κ2) is 13.5. The molecule has 2 aromatic carbocycles. The van der Waals surface area contributed by atoms with E-state index in [9.17, 15) is 0 Å². The van der Waals surface area contributed by atoms with Crippen LogP contribution in [0.4, 0.5) is 0 Å². The molecule has 184 valence electrons. The number of hydrogen-bond acceptors (Lipinski definition) is 0. The van der Waals surface area contributed by atoms with Gasteiger partial charge in [-0.1, -0.05) is 87.4 Å². The summed E-state index contributed by atoms with van der Waals surface area (Å²) < 4.78 is 0. The van der Waals surface area contributed by atoms with Crippen molar-refractivity contribution in [1.29, 1.82) is 0 Å². The van der Waals surface area contributed by atoms with Crippen LogP contribution in [0.3, 0.4) is 0 Å². The zero-order valence-electron chi connectivity index (χ0n) is 22.1. The molecule has 0 radical (unpaired) electrons. The fourth-order valence-electron chi connectivity index (χ4n) is 6.92. The topological polar surface area (TPSA) is 0 Å². The van der Waals surface area contributed by atoms with Crippen LogP contribution in [0.15, 0.2) is 109 Å². The van der Waals surface area contributed by atoms with E-state index in [0.29, 0.717) is 5.41 Å². The van der Waals surface area contributed by atoms with Gasteiger partial charge in [-0.15, -0.1) is 24.3 Å². The first kappa shape index (κ1) is 28.6. The molecule has 6 rings (SSSR count). The predicted molar refractivity (Wildman–Crippen MR) is 152 cm³/mol. The average Bonchev–Trinajstić information content (AvgIpc) is 3.54. The van der Waals surface area contributed by atoms with Gasteiger partial charge in [-0.2, -0.15) is 49.2 Å². The Morgan fingerprint density at radius 1 is 0.583 bits per heavy atom. The van der Waals surface area contributed by atoms with Gasteiger partial charge >= 0.3 is 26.2 Å². The smallest absolute Gasteiger partial charge is 0.199 e. The van der Waals surface area contributed by atoms with Crippen LogP contribution in [0.2, 0.25) is 0 Å². The monoisotopic (exact) mass is 552 g/mol. The Morgan fingerprint density at radius 2 is 0.944 bits per heavy atom. The quantitative estimate of drug-likeness (QED) is 0.325. The van der Waals surface area contributed by atoms with Crippen molar-refractivity contribution >= 4 is 0 Å². The van der Waals surface area contributed by atoms with Crippen LogP contribution in [0.25, 0.3) is 0 Å². The second-order valence-electron chi connectivity index (χ2n) is 11.1. The minimum absolute atomic E-state index is 0. The van der Waals surface area contributed by atoms with Gasteiger partial charge in [0, 0.05) is 0 Å². The summed E-state index contributed by atoms with van der Waals surface area (Å²) in [6.45, 7) is 12.6. The maximum atomic E-state index is 3.72. The molecule has 0 saturated heterocycles. The summed E-state index contributed by atoms with van der Waals surface area (Å²) >= 11 is 0. The summed E-state index contributed by atoms with van der Waals surface area (Å²) in [4.78, 5) is 0. The van der Waals surface area contributed by atoms with Crippen molar-refractivity contribution in [2.45, 2.75) is 39.5 Å². The average molecular weight is 554 g/mol. The minimum atomic E-state index is 0. The Labute approximate surface area is 239 Å². The summed E-state index contributed by atoms with van der Waals surface area (Å²) in [7, 11) is 0.